The van der Waals surface area contributed by atoms with Crippen molar-refractivity contribution < 1.29 is 58.6 Å². The molecule has 4 N–H and O–H groups in total. The van der Waals surface area contributed by atoms with Gasteiger partial charge < -0.3 is 39.4 Å². The number of esters is 2. The van der Waals surface area contributed by atoms with Crippen LogP contribution >= 0.6 is 0 Å². The predicted octanol–water partition coefficient (Wildman–Crippen LogP) is 1.60. The highest BCUT2D eigenvalue weighted by Crippen LogP contribution is 2.68. The number of carbonyl (C=O) groups excluding carboxylic acids is 3. The highest BCUT2D eigenvalue weighted by Gasteiger charge is 2.65. The summed E-state index contributed by atoms with van der Waals surface area (Å²) in [5, 5.41) is 40.1. The lowest BCUT2D eigenvalue weighted by Crippen LogP contribution is -2.62. The summed E-state index contributed by atoms with van der Waals surface area (Å²) < 4.78 is 22.6. The van der Waals surface area contributed by atoms with E-state index in [2.05, 4.69) is 13.8 Å². The molecular weight excluding hydrogens is 564 g/mol. The molecule has 4 aliphatic carbocycles. The Morgan fingerprint density at radius 1 is 0.884 bits per heavy atom. The lowest BCUT2D eigenvalue weighted by Gasteiger charge is -2.62. The maximum atomic E-state index is 13.2. The van der Waals surface area contributed by atoms with E-state index in [-0.39, 0.29) is 71.0 Å². The Morgan fingerprint density at radius 2 is 1.60 bits per heavy atom. The van der Waals surface area contributed by atoms with Crippen LogP contribution in [0, 0.1) is 40.4 Å². The molecule has 43 heavy (non-hydrogen) atoms. The van der Waals surface area contributed by atoms with Gasteiger partial charge in [-0.05, 0) is 80.0 Å². The van der Waals surface area contributed by atoms with Gasteiger partial charge in [0.15, 0.2) is 18.2 Å². The summed E-state index contributed by atoms with van der Waals surface area (Å²) in [5.74, 6) is -1.83. The van der Waals surface area contributed by atoms with Crippen LogP contribution in [0.3, 0.4) is 0 Å². The minimum Gasteiger partial charge on any atom is -0.479 e. The van der Waals surface area contributed by atoms with Crippen LogP contribution in [0.5, 0.6) is 0 Å². The second-order valence-electron chi connectivity index (χ2n) is 14.1. The Labute approximate surface area is 251 Å². The molecule has 5 rings (SSSR count). The summed E-state index contributed by atoms with van der Waals surface area (Å²) in [6.45, 7) is 6.86. The van der Waals surface area contributed by atoms with Gasteiger partial charge in [0.05, 0.1) is 6.10 Å². The highest BCUT2D eigenvalue weighted by molar-refractivity contribution is 5.85. The van der Waals surface area contributed by atoms with E-state index in [0.717, 1.165) is 32.1 Å². The zero-order chi connectivity index (χ0) is 31.4. The van der Waals surface area contributed by atoms with Gasteiger partial charge in [-0.2, -0.15) is 0 Å². The lowest BCUT2D eigenvalue weighted by atomic mass is 9.43. The van der Waals surface area contributed by atoms with E-state index < -0.39 is 42.6 Å². The van der Waals surface area contributed by atoms with Crippen LogP contribution in [0.15, 0.2) is 0 Å². The summed E-state index contributed by atoms with van der Waals surface area (Å²) in [6.07, 6.45) is -3.00. The first-order valence-corrected chi connectivity index (χ1v) is 15.6. The molecule has 0 bridgehead atoms. The van der Waals surface area contributed by atoms with E-state index in [1.807, 2.05) is 0 Å². The molecule has 1 heterocycles. The van der Waals surface area contributed by atoms with Gasteiger partial charge in [-0.25, -0.2) is 4.79 Å². The van der Waals surface area contributed by atoms with Gasteiger partial charge >= 0.3 is 17.9 Å². The number of hydrogen-bond acceptors (Lipinski definition) is 11. The standard InChI is InChI=1S/C31H46O12/c1-14(32)40-13-21(34)20-8-7-19-18-6-5-16-11-17(42-29-26(37)24(35)25(36)27(43-29)28(38)39)9-10-30(16,3)23(18)22(41-15(2)33)12-31(19,20)4/h16-20,22-27,29,35-37H,5-13H2,1-4H3,(H,38,39)/t16-,17-,18?,19?,20-,22?,23?,24+,25+,26-,27+,29?,30+,31+/m1/s1. The zero-order valence-electron chi connectivity index (χ0n) is 25.3. The van der Waals surface area contributed by atoms with Crippen LogP contribution in [0.25, 0.3) is 0 Å². The molecule has 0 aromatic rings. The number of carboxylic acid groups (broad SMARTS) is 1. The fourth-order valence-electron chi connectivity index (χ4n) is 9.91. The molecule has 0 aromatic heterocycles. The molecule has 5 aliphatic rings. The van der Waals surface area contributed by atoms with Crippen molar-refractivity contribution in [1.82, 2.24) is 0 Å². The van der Waals surface area contributed by atoms with Gasteiger partial charge in [-0.3, -0.25) is 14.4 Å². The average Bonchev–Trinajstić information content (AvgIpc) is 3.28. The summed E-state index contributed by atoms with van der Waals surface area (Å²) in [4.78, 5) is 48.5. The van der Waals surface area contributed by atoms with E-state index in [1.165, 1.54) is 13.8 Å². The van der Waals surface area contributed by atoms with E-state index in [0.29, 0.717) is 19.3 Å². The number of carbonyl (C=O) groups is 4. The van der Waals surface area contributed by atoms with Gasteiger partial charge in [0.1, 0.15) is 31.0 Å². The number of aliphatic hydroxyl groups excluding tert-OH is 3. The minimum absolute atomic E-state index is 0.0762. The zero-order valence-corrected chi connectivity index (χ0v) is 25.3. The molecule has 0 amide bonds. The van der Waals surface area contributed by atoms with Crippen molar-refractivity contribution >= 4 is 23.7 Å². The monoisotopic (exact) mass is 610 g/mol. The highest BCUT2D eigenvalue weighted by atomic mass is 16.7. The molecule has 12 nitrogen and oxygen atoms in total. The predicted molar refractivity (Wildman–Crippen MR) is 147 cm³/mol. The lowest BCUT2D eigenvalue weighted by molar-refractivity contribution is -0.310. The van der Waals surface area contributed by atoms with Gasteiger partial charge in [0, 0.05) is 25.7 Å². The Hall–Kier alpha value is -2.12. The molecule has 0 aromatic carbocycles. The van der Waals surface area contributed by atoms with Crippen LogP contribution in [0.4, 0.5) is 0 Å². The minimum atomic E-state index is -1.78. The maximum Gasteiger partial charge on any atom is 0.335 e. The topological polar surface area (TPSA) is 186 Å². The number of hydrogen-bond donors (Lipinski definition) is 4. The van der Waals surface area contributed by atoms with Crippen molar-refractivity contribution in [2.24, 2.45) is 40.4 Å². The van der Waals surface area contributed by atoms with Crippen LogP contribution in [-0.2, 0) is 38.1 Å². The molecule has 5 unspecified atom stereocenters. The van der Waals surface area contributed by atoms with Crippen molar-refractivity contribution in [3.05, 3.63) is 0 Å². The number of carboxylic acids is 1. The van der Waals surface area contributed by atoms with Gasteiger partial charge in [0.2, 0.25) is 0 Å². The quantitative estimate of drug-likeness (QED) is 0.241. The van der Waals surface area contributed by atoms with E-state index >= 15 is 0 Å². The second kappa shape index (κ2) is 12.0. The van der Waals surface area contributed by atoms with E-state index in [1.54, 1.807) is 0 Å². The van der Waals surface area contributed by atoms with Crippen LogP contribution in [-0.4, -0.2) is 93.6 Å². The number of ketones is 1. The van der Waals surface area contributed by atoms with Gasteiger partial charge in [-0.15, -0.1) is 0 Å². The van der Waals surface area contributed by atoms with Crippen LogP contribution in [0.1, 0.15) is 79.1 Å². The van der Waals surface area contributed by atoms with Crippen molar-refractivity contribution in [3.63, 3.8) is 0 Å². The van der Waals surface area contributed by atoms with Crippen molar-refractivity contribution in [2.75, 3.05) is 6.61 Å². The number of Topliss-reactive ketones (excluding diaryl/α,β-unsaturated/α-hetero) is 1. The second-order valence-corrected chi connectivity index (χ2v) is 14.1. The van der Waals surface area contributed by atoms with E-state index in [9.17, 15) is 39.6 Å². The summed E-state index contributed by atoms with van der Waals surface area (Å²) in [6, 6.07) is 0. The molecule has 1 aliphatic heterocycles. The Balaban J connectivity index is 1.33. The summed E-state index contributed by atoms with van der Waals surface area (Å²) in [7, 11) is 0. The Morgan fingerprint density at radius 3 is 2.26 bits per heavy atom. The van der Waals surface area contributed by atoms with Crippen molar-refractivity contribution in [2.45, 2.75) is 122 Å². The van der Waals surface area contributed by atoms with Crippen LogP contribution < -0.4 is 0 Å². The number of rotatable bonds is 7. The van der Waals surface area contributed by atoms with Gasteiger partial charge in [0.25, 0.3) is 0 Å². The summed E-state index contributed by atoms with van der Waals surface area (Å²) >= 11 is 0. The Bertz CT molecular complexity index is 1110. The third-order valence-electron chi connectivity index (χ3n) is 11.8. The molecule has 242 valence electrons. The normalized spacial score (nSPS) is 47.4. The van der Waals surface area contributed by atoms with E-state index in [4.69, 9.17) is 18.9 Å². The molecule has 0 radical (unpaired) electrons. The van der Waals surface area contributed by atoms with Crippen LogP contribution in [0.2, 0.25) is 0 Å². The first-order chi connectivity index (χ1) is 20.2. The molecule has 14 atom stereocenters. The number of ether oxygens (including phenoxy) is 4. The van der Waals surface area contributed by atoms with Gasteiger partial charge in [-0.1, -0.05) is 13.8 Å². The Kier molecular flexibility index (Phi) is 9.01. The first kappa shape index (κ1) is 32.3. The third-order valence-corrected chi connectivity index (χ3v) is 11.8. The summed E-state index contributed by atoms with van der Waals surface area (Å²) in [5.41, 5.74) is -0.558. The molecule has 0 spiro atoms. The smallest absolute Gasteiger partial charge is 0.335 e. The maximum absolute atomic E-state index is 13.2. The fraction of sp³-hybridized carbons (Fsp3) is 0.871. The SMILES string of the molecule is CC(=O)OCC(=O)[C@H]1CCC2C3CC[C@@H]4C[C@H](OC5O[C@H](C(=O)O)[C@@H](O)[C@H](O)[C@H]5O)CC[C@]4(C)C3C(OC(C)=O)C[C@@]21C. The molecule has 12 heteroatoms. The van der Waals surface area contributed by atoms with Crippen molar-refractivity contribution in [3.8, 4) is 0 Å². The fourth-order valence-corrected chi connectivity index (χ4v) is 9.91. The molecular formula is C31H46O12. The number of aliphatic carboxylic acids is 1. The largest absolute Gasteiger partial charge is 0.479 e. The average molecular weight is 611 g/mol. The molecule has 4 saturated carbocycles. The third kappa shape index (κ3) is 5.74. The number of aliphatic hydroxyl groups is 3. The number of fused-ring (bicyclic) bond motifs is 5. The first-order valence-electron chi connectivity index (χ1n) is 15.6. The molecule has 5 fully saturated rings. The van der Waals surface area contributed by atoms with Crippen molar-refractivity contribution in [1.29, 1.82) is 0 Å². The molecule has 1 saturated heterocycles.